The van der Waals surface area contributed by atoms with Gasteiger partial charge in [-0.1, -0.05) is 32.1 Å². The topological polar surface area (TPSA) is 98.3 Å². The van der Waals surface area contributed by atoms with E-state index in [4.69, 9.17) is 4.98 Å². The fraction of sp³-hybridized carbons (Fsp3) is 0.578. The highest BCUT2D eigenvalue weighted by Crippen LogP contribution is 2.44. The number of aryl methyl sites for hydroxylation is 3. The van der Waals surface area contributed by atoms with E-state index in [1.54, 1.807) is 0 Å². The van der Waals surface area contributed by atoms with Crippen LogP contribution in [0.15, 0.2) is 47.5 Å². The van der Waals surface area contributed by atoms with Crippen LogP contribution in [0.3, 0.4) is 0 Å². The molecule has 3 aromatic heterocycles. The second kappa shape index (κ2) is 17.2. The fourth-order valence-electron chi connectivity index (χ4n) is 9.82. The molecule has 3 aliphatic rings. The van der Waals surface area contributed by atoms with Crippen molar-refractivity contribution >= 4 is 22.6 Å². The third kappa shape index (κ3) is 8.94. The summed E-state index contributed by atoms with van der Waals surface area (Å²) in [7, 11) is 0. The van der Waals surface area contributed by atoms with Crippen LogP contribution in [-0.2, 0) is 6.54 Å². The largest absolute Gasteiger partial charge is 0.354 e. The van der Waals surface area contributed by atoms with E-state index in [1.165, 1.54) is 57.8 Å². The Bertz CT molecular complexity index is 1940. The molecule has 1 amide bonds. The molecule has 1 aromatic carbocycles. The van der Waals surface area contributed by atoms with E-state index >= 15 is 0 Å². The third-order valence-electron chi connectivity index (χ3n) is 12.7. The number of carbonyl (C=O) groups is 1. The standard InChI is InChI=1S/C45H63N7O2/c1-30(2)52-29-32(4)43-39(44(53)48-28-40-31(3)21-33(5)49-45(40)54)25-38(26-41(43)52)37-12-13-42(47-27-37)51-19-17-50(18-20-51)16-15-46-14-7-6-9-34-22-35-10-8-11-36(23-34)24-35/h12-13,21,25-27,29-30,34-36,46H,6-11,14-20,22-24,28H2,1-5H3,(H,48,53)(H,49,54). The van der Waals surface area contributed by atoms with E-state index < -0.39 is 0 Å². The van der Waals surface area contributed by atoms with Crippen LogP contribution >= 0.6 is 0 Å². The summed E-state index contributed by atoms with van der Waals surface area (Å²) >= 11 is 0. The van der Waals surface area contributed by atoms with Gasteiger partial charge in [-0.05, 0) is 132 Å². The number of amides is 1. The number of rotatable bonds is 14. The van der Waals surface area contributed by atoms with Gasteiger partial charge in [-0.2, -0.15) is 0 Å². The molecule has 7 rings (SSSR count). The summed E-state index contributed by atoms with van der Waals surface area (Å²) in [5.74, 6) is 3.91. The monoisotopic (exact) mass is 734 g/mol. The Hall–Kier alpha value is -3.95. The molecule has 2 unspecified atom stereocenters. The van der Waals surface area contributed by atoms with Crippen LogP contribution in [0.25, 0.3) is 22.0 Å². The predicted molar refractivity (Wildman–Crippen MR) is 222 cm³/mol. The molecule has 4 aromatic rings. The second-order valence-electron chi connectivity index (χ2n) is 17.1. The average Bonchev–Trinajstić information content (AvgIpc) is 3.50. The highest BCUT2D eigenvalue weighted by molar-refractivity contribution is 6.09. The maximum Gasteiger partial charge on any atom is 0.253 e. The molecule has 0 radical (unpaired) electrons. The zero-order valence-corrected chi connectivity index (χ0v) is 33.5. The number of pyridine rings is 2. The van der Waals surface area contributed by atoms with Crippen LogP contribution in [0.4, 0.5) is 5.82 Å². The van der Waals surface area contributed by atoms with Gasteiger partial charge in [0.05, 0.1) is 0 Å². The van der Waals surface area contributed by atoms with Gasteiger partial charge in [0.1, 0.15) is 5.82 Å². The predicted octanol–water partition coefficient (Wildman–Crippen LogP) is 7.93. The molecule has 3 fully saturated rings. The lowest BCUT2D eigenvalue weighted by Crippen LogP contribution is -2.48. The molecule has 2 aliphatic carbocycles. The zero-order valence-electron chi connectivity index (χ0n) is 33.5. The molecule has 3 N–H and O–H groups in total. The first-order chi connectivity index (χ1) is 26.1. The number of benzene rings is 1. The Labute approximate surface area is 322 Å². The van der Waals surface area contributed by atoms with Crippen LogP contribution in [0, 0.1) is 38.5 Å². The summed E-state index contributed by atoms with van der Waals surface area (Å²) in [5.41, 5.74) is 6.69. The quantitative estimate of drug-likeness (QED) is 0.114. The average molecular weight is 734 g/mol. The summed E-state index contributed by atoms with van der Waals surface area (Å²) in [5, 5.41) is 7.71. The number of unbranched alkanes of at least 4 members (excludes halogenated alkanes) is 1. The van der Waals surface area contributed by atoms with Crippen molar-refractivity contribution < 1.29 is 4.79 Å². The number of piperazine rings is 1. The van der Waals surface area contributed by atoms with E-state index in [2.05, 4.69) is 75.2 Å². The Balaban J connectivity index is 0.922. The maximum atomic E-state index is 13.9. The van der Waals surface area contributed by atoms with Crippen molar-refractivity contribution in [2.24, 2.45) is 17.8 Å². The molecule has 1 aliphatic heterocycles. The molecule has 2 saturated carbocycles. The summed E-state index contributed by atoms with van der Waals surface area (Å²) in [6.45, 7) is 17.7. The van der Waals surface area contributed by atoms with Crippen LogP contribution in [0.2, 0.25) is 0 Å². The molecule has 2 bridgehead atoms. The van der Waals surface area contributed by atoms with Crippen molar-refractivity contribution in [3.8, 4) is 11.1 Å². The van der Waals surface area contributed by atoms with Crippen molar-refractivity contribution in [1.29, 1.82) is 0 Å². The van der Waals surface area contributed by atoms with E-state index in [-0.39, 0.29) is 24.1 Å². The van der Waals surface area contributed by atoms with Gasteiger partial charge >= 0.3 is 0 Å². The summed E-state index contributed by atoms with van der Waals surface area (Å²) < 4.78 is 2.23. The Morgan fingerprint density at radius 2 is 1.70 bits per heavy atom. The van der Waals surface area contributed by atoms with Crippen molar-refractivity contribution in [3.05, 3.63) is 81.0 Å². The lowest BCUT2D eigenvalue weighted by atomic mass is 9.67. The Morgan fingerprint density at radius 1 is 0.926 bits per heavy atom. The smallest absolute Gasteiger partial charge is 0.253 e. The number of nitrogens with zero attached hydrogens (tertiary/aromatic N) is 4. The second-order valence-corrected chi connectivity index (χ2v) is 17.1. The van der Waals surface area contributed by atoms with Crippen molar-refractivity contribution in [2.45, 2.75) is 105 Å². The van der Waals surface area contributed by atoms with Gasteiger partial charge in [0, 0.05) is 97.5 Å². The molecule has 2 atom stereocenters. The molecular weight excluding hydrogens is 671 g/mol. The molecule has 4 heterocycles. The number of carbonyl (C=O) groups excluding carboxylic acids is 1. The minimum Gasteiger partial charge on any atom is -0.354 e. The SMILES string of the molecule is Cc1cc(C)c(CNC(=O)c2cc(-c3ccc(N4CCN(CCNCCCCC5CC6CCCC(C5)C6)CC4)nc3)cc3c2c(C)cn3C(C)C)c(=O)[nH]1. The first kappa shape index (κ1) is 38.3. The summed E-state index contributed by atoms with van der Waals surface area (Å²) in [6, 6.07) is 10.6. The van der Waals surface area contributed by atoms with Crippen LogP contribution in [0.1, 0.15) is 110 Å². The number of aromatic amines is 1. The third-order valence-corrected chi connectivity index (χ3v) is 12.7. The number of anilines is 1. The van der Waals surface area contributed by atoms with Crippen LogP contribution < -0.4 is 21.1 Å². The van der Waals surface area contributed by atoms with Gasteiger partial charge in [0.2, 0.25) is 0 Å². The number of fused-ring (bicyclic) bond motifs is 3. The first-order valence-electron chi connectivity index (χ1n) is 20.9. The van der Waals surface area contributed by atoms with E-state index in [9.17, 15) is 9.59 Å². The molecular formula is C45H63N7O2. The first-order valence-corrected chi connectivity index (χ1v) is 20.9. The van der Waals surface area contributed by atoms with Crippen LogP contribution in [0.5, 0.6) is 0 Å². The fourth-order valence-corrected chi connectivity index (χ4v) is 9.82. The maximum absolute atomic E-state index is 13.9. The lowest BCUT2D eigenvalue weighted by molar-refractivity contribution is 0.0952. The van der Waals surface area contributed by atoms with Crippen molar-refractivity contribution in [3.63, 3.8) is 0 Å². The lowest BCUT2D eigenvalue weighted by Gasteiger charge is -2.39. The van der Waals surface area contributed by atoms with Gasteiger partial charge in [0.25, 0.3) is 11.5 Å². The van der Waals surface area contributed by atoms with Gasteiger partial charge in [-0.25, -0.2) is 4.98 Å². The number of aromatic nitrogens is 3. The molecule has 290 valence electrons. The zero-order chi connectivity index (χ0) is 37.8. The Morgan fingerprint density at radius 3 is 2.41 bits per heavy atom. The normalized spacial score (nSPS) is 20.6. The molecule has 0 spiro atoms. The van der Waals surface area contributed by atoms with Crippen molar-refractivity contribution in [2.75, 3.05) is 50.7 Å². The van der Waals surface area contributed by atoms with Gasteiger partial charge < -0.3 is 25.1 Å². The summed E-state index contributed by atoms with van der Waals surface area (Å²) in [6.07, 6.45) is 17.3. The van der Waals surface area contributed by atoms with Crippen LogP contribution in [-0.4, -0.2) is 71.2 Å². The highest BCUT2D eigenvalue weighted by atomic mass is 16.1. The molecule has 9 heteroatoms. The van der Waals surface area contributed by atoms with Gasteiger partial charge in [0.15, 0.2) is 0 Å². The number of H-pyrrole nitrogens is 1. The van der Waals surface area contributed by atoms with Crippen molar-refractivity contribution in [1.82, 2.24) is 30.1 Å². The van der Waals surface area contributed by atoms with Gasteiger partial charge in [-0.15, -0.1) is 0 Å². The summed E-state index contributed by atoms with van der Waals surface area (Å²) in [4.78, 5) is 39.3. The number of hydrogen-bond acceptors (Lipinski definition) is 6. The van der Waals surface area contributed by atoms with Gasteiger partial charge in [-0.3, -0.25) is 14.5 Å². The molecule has 1 saturated heterocycles. The number of nitrogens with one attached hydrogen (secondary N) is 3. The van der Waals surface area contributed by atoms with E-state index in [1.807, 2.05) is 32.2 Å². The minimum absolute atomic E-state index is 0.162. The minimum atomic E-state index is -0.195. The van der Waals surface area contributed by atoms with E-state index in [0.29, 0.717) is 11.1 Å². The van der Waals surface area contributed by atoms with E-state index in [0.717, 1.165) is 108 Å². The molecule has 54 heavy (non-hydrogen) atoms. The molecule has 9 nitrogen and oxygen atoms in total. The Kier molecular flexibility index (Phi) is 12.2. The number of hydrogen-bond donors (Lipinski definition) is 3. The highest BCUT2D eigenvalue weighted by Gasteiger charge is 2.31.